The second-order valence-corrected chi connectivity index (χ2v) is 7.84. The number of carbonyl (C=O) groups is 2. The Morgan fingerprint density at radius 2 is 1.93 bits per heavy atom. The molecule has 0 bridgehead atoms. The lowest BCUT2D eigenvalue weighted by molar-refractivity contribution is -0.124. The predicted molar refractivity (Wildman–Crippen MR) is 105 cm³/mol. The summed E-state index contributed by atoms with van der Waals surface area (Å²) < 4.78 is 0. The Kier molecular flexibility index (Phi) is 5.32. The third-order valence-corrected chi connectivity index (χ3v) is 5.71. The Hall–Kier alpha value is -2.67. The zero-order valence-corrected chi connectivity index (χ0v) is 16.2. The first-order valence-corrected chi connectivity index (χ1v) is 9.62. The molecule has 2 heterocycles. The molecule has 0 radical (unpaired) electrons. The number of thioether (sulfide) groups is 1. The Bertz CT molecular complexity index is 912. The number of hydrogen-bond donors (Lipinski definition) is 2. The van der Waals surface area contributed by atoms with Crippen LogP contribution in [0.3, 0.4) is 0 Å². The lowest BCUT2D eigenvalue weighted by Crippen LogP contribution is -2.41. The molecule has 1 aliphatic heterocycles. The Morgan fingerprint density at radius 3 is 2.52 bits per heavy atom. The summed E-state index contributed by atoms with van der Waals surface area (Å²) in [7, 11) is 0. The number of carboxylic acids is 1. The highest BCUT2D eigenvalue weighted by atomic mass is 32.2. The van der Waals surface area contributed by atoms with Gasteiger partial charge in [0.15, 0.2) is 5.84 Å². The van der Waals surface area contributed by atoms with Crippen molar-refractivity contribution in [3.05, 3.63) is 59.3 Å². The fourth-order valence-electron chi connectivity index (χ4n) is 2.65. The van der Waals surface area contributed by atoms with E-state index < -0.39 is 11.5 Å². The Balaban J connectivity index is 1.93. The van der Waals surface area contributed by atoms with Crippen LogP contribution in [-0.2, 0) is 10.5 Å². The number of nitrogens with zero attached hydrogens (tertiary/aromatic N) is 2. The first kappa shape index (κ1) is 19.1. The van der Waals surface area contributed by atoms with Crippen molar-refractivity contribution in [1.82, 2.24) is 10.3 Å². The number of carbonyl (C=O) groups excluding carboxylic acids is 1. The van der Waals surface area contributed by atoms with Gasteiger partial charge in [-0.3, -0.25) is 4.79 Å². The standard InChI is InChI=1S/C20H21N3O3S/c1-12(2)20(3)19(26)22-17(23-20)16-14(18(24)25)9-10-15(21-16)27-11-13-7-5-4-6-8-13/h4-10,12H,11H2,1-3H3,(H,24,25)(H,22,23,26). The molecule has 0 fully saturated rings. The fourth-order valence-corrected chi connectivity index (χ4v) is 3.48. The van der Waals surface area contributed by atoms with Gasteiger partial charge in [-0.25, -0.2) is 14.8 Å². The number of benzene rings is 1. The van der Waals surface area contributed by atoms with Crippen molar-refractivity contribution in [1.29, 1.82) is 0 Å². The lowest BCUT2D eigenvalue weighted by atomic mass is 9.89. The molecule has 6 nitrogen and oxygen atoms in total. The van der Waals surface area contributed by atoms with E-state index in [-0.39, 0.29) is 28.9 Å². The third kappa shape index (κ3) is 3.88. The predicted octanol–water partition coefficient (Wildman–Crippen LogP) is 3.36. The topological polar surface area (TPSA) is 91.7 Å². The molecule has 0 spiro atoms. The molecular formula is C20H21N3O3S. The van der Waals surface area contributed by atoms with Crippen molar-refractivity contribution in [3.63, 3.8) is 0 Å². The summed E-state index contributed by atoms with van der Waals surface area (Å²) in [6, 6.07) is 13.1. The number of rotatable bonds is 6. The summed E-state index contributed by atoms with van der Waals surface area (Å²) in [5, 5.41) is 12.9. The monoisotopic (exact) mass is 383 g/mol. The van der Waals surface area contributed by atoms with Gasteiger partial charge in [0, 0.05) is 5.75 Å². The molecule has 27 heavy (non-hydrogen) atoms. The molecule has 0 saturated carbocycles. The number of hydrogen-bond acceptors (Lipinski definition) is 5. The van der Waals surface area contributed by atoms with E-state index in [2.05, 4.69) is 15.3 Å². The zero-order chi connectivity index (χ0) is 19.6. The number of aromatic nitrogens is 1. The highest BCUT2D eigenvalue weighted by molar-refractivity contribution is 7.98. The van der Waals surface area contributed by atoms with Crippen LogP contribution < -0.4 is 5.32 Å². The Morgan fingerprint density at radius 1 is 1.22 bits per heavy atom. The molecule has 2 N–H and O–H groups in total. The summed E-state index contributed by atoms with van der Waals surface area (Å²) in [4.78, 5) is 33.0. The van der Waals surface area contributed by atoms with E-state index in [4.69, 9.17) is 0 Å². The number of amides is 1. The molecular weight excluding hydrogens is 362 g/mol. The van der Waals surface area contributed by atoms with E-state index in [9.17, 15) is 14.7 Å². The molecule has 7 heteroatoms. The maximum atomic E-state index is 12.4. The quantitative estimate of drug-likeness (QED) is 0.746. The molecule has 1 amide bonds. The molecule has 0 saturated heterocycles. The van der Waals surface area contributed by atoms with E-state index >= 15 is 0 Å². The van der Waals surface area contributed by atoms with Gasteiger partial charge in [0.25, 0.3) is 5.91 Å². The van der Waals surface area contributed by atoms with Crippen LogP contribution in [0.4, 0.5) is 0 Å². The van der Waals surface area contributed by atoms with Gasteiger partial charge in [-0.05, 0) is 30.5 Å². The van der Waals surface area contributed by atoms with E-state index in [1.54, 1.807) is 13.0 Å². The normalized spacial score (nSPS) is 19.1. The summed E-state index contributed by atoms with van der Waals surface area (Å²) in [6.07, 6.45) is 0. The molecule has 1 aliphatic rings. The lowest BCUT2D eigenvalue weighted by Gasteiger charge is -2.21. The van der Waals surface area contributed by atoms with Crippen LogP contribution in [0.5, 0.6) is 0 Å². The van der Waals surface area contributed by atoms with E-state index in [0.717, 1.165) is 5.56 Å². The van der Waals surface area contributed by atoms with Gasteiger partial charge in [-0.1, -0.05) is 44.2 Å². The van der Waals surface area contributed by atoms with E-state index in [0.29, 0.717) is 10.8 Å². The molecule has 1 aromatic heterocycles. The fraction of sp³-hybridized carbons (Fsp3) is 0.300. The van der Waals surface area contributed by atoms with Gasteiger partial charge in [0.05, 0.1) is 10.6 Å². The van der Waals surface area contributed by atoms with Crippen LogP contribution in [0.25, 0.3) is 0 Å². The summed E-state index contributed by atoms with van der Waals surface area (Å²) in [5.41, 5.74) is 0.427. The van der Waals surface area contributed by atoms with Gasteiger partial charge >= 0.3 is 5.97 Å². The number of aromatic carboxylic acids is 1. The number of pyridine rings is 1. The minimum atomic E-state index is -1.10. The van der Waals surface area contributed by atoms with Crippen molar-refractivity contribution in [2.24, 2.45) is 10.9 Å². The van der Waals surface area contributed by atoms with Crippen molar-refractivity contribution >= 4 is 29.5 Å². The largest absolute Gasteiger partial charge is 0.478 e. The van der Waals surface area contributed by atoms with Gasteiger partial charge in [-0.2, -0.15) is 0 Å². The van der Waals surface area contributed by atoms with Crippen LogP contribution >= 0.6 is 11.8 Å². The van der Waals surface area contributed by atoms with Crippen LogP contribution in [0.15, 0.2) is 52.5 Å². The maximum absolute atomic E-state index is 12.4. The molecule has 140 valence electrons. The molecule has 1 unspecified atom stereocenters. The smallest absolute Gasteiger partial charge is 0.338 e. The SMILES string of the molecule is CC(C)C1(C)N=C(c2nc(SCc3ccccc3)ccc2C(=O)O)NC1=O. The van der Waals surface area contributed by atoms with Crippen LogP contribution in [-0.4, -0.2) is 33.3 Å². The van der Waals surface area contributed by atoms with Gasteiger partial charge in [0.1, 0.15) is 11.2 Å². The molecule has 3 rings (SSSR count). The summed E-state index contributed by atoms with van der Waals surface area (Å²) in [5.74, 6) is -0.447. The van der Waals surface area contributed by atoms with Crippen molar-refractivity contribution < 1.29 is 14.7 Å². The first-order valence-electron chi connectivity index (χ1n) is 8.64. The van der Waals surface area contributed by atoms with Crippen LogP contribution in [0, 0.1) is 5.92 Å². The van der Waals surface area contributed by atoms with Crippen molar-refractivity contribution in [2.75, 3.05) is 0 Å². The second kappa shape index (κ2) is 7.52. The van der Waals surface area contributed by atoms with Gasteiger partial charge < -0.3 is 10.4 Å². The number of carboxylic acid groups (broad SMARTS) is 1. The van der Waals surface area contributed by atoms with Crippen molar-refractivity contribution in [2.45, 2.75) is 37.1 Å². The van der Waals surface area contributed by atoms with Crippen LogP contribution in [0.1, 0.15) is 42.4 Å². The number of aliphatic imine (C=N–C) groups is 1. The van der Waals surface area contributed by atoms with Gasteiger partial charge in [0.2, 0.25) is 0 Å². The summed E-state index contributed by atoms with van der Waals surface area (Å²) >= 11 is 1.50. The third-order valence-electron chi connectivity index (χ3n) is 4.71. The maximum Gasteiger partial charge on any atom is 0.338 e. The van der Waals surface area contributed by atoms with Crippen LogP contribution in [0.2, 0.25) is 0 Å². The van der Waals surface area contributed by atoms with E-state index in [1.165, 1.54) is 17.8 Å². The Labute approximate surface area is 162 Å². The molecule has 1 atom stereocenters. The van der Waals surface area contributed by atoms with Crippen molar-refractivity contribution in [3.8, 4) is 0 Å². The van der Waals surface area contributed by atoms with Gasteiger partial charge in [-0.15, -0.1) is 11.8 Å². The zero-order valence-electron chi connectivity index (χ0n) is 15.4. The molecule has 1 aromatic carbocycles. The van der Waals surface area contributed by atoms with E-state index in [1.807, 2.05) is 44.2 Å². The number of nitrogens with one attached hydrogen (secondary N) is 1. The minimum absolute atomic E-state index is 0.0196. The minimum Gasteiger partial charge on any atom is -0.478 e. The summed E-state index contributed by atoms with van der Waals surface area (Å²) in [6.45, 7) is 5.56. The number of amidine groups is 1. The molecule has 0 aliphatic carbocycles. The average molecular weight is 383 g/mol. The second-order valence-electron chi connectivity index (χ2n) is 6.84. The molecule has 2 aromatic rings. The first-order chi connectivity index (χ1) is 12.8. The highest BCUT2D eigenvalue weighted by Crippen LogP contribution is 2.28. The highest BCUT2D eigenvalue weighted by Gasteiger charge is 2.43. The average Bonchev–Trinajstić information content (AvgIpc) is 2.97.